The first-order valence-electron chi connectivity index (χ1n) is 4.31. The fraction of sp³-hybridized carbons (Fsp3) is 0.182. The second-order valence-corrected chi connectivity index (χ2v) is 3.28. The van der Waals surface area contributed by atoms with E-state index in [1.807, 2.05) is 0 Å². The lowest BCUT2D eigenvalue weighted by molar-refractivity contribution is -0.118. The Morgan fingerprint density at radius 3 is 2.93 bits per heavy atom. The number of amides is 1. The van der Waals surface area contributed by atoms with E-state index >= 15 is 0 Å². The molecule has 0 saturated carbocycles. The van der Waals surface area contributed by atoms with E-state index in [4.69, 9.17) is 11.6 Å². The lowest BCUT2D eigenvalue weighted by Crippen LogP contribution is -2.19. The number of phenols is 1. The zero-order valence-electron chi connectivity index (χ0n) is 8.17. The molecule has 1 aromatic rings. The molecule has 0 radical (unpaired) electrons. The number of rotatable bonds is 1. The summed E-state index contributed by atoms with van der Waals surface area (Å²) < 4.78 is 0. The van der Waals surface area contributed by atoms with Crippen LogP contribution in [0.5, 0.6) is 5.75 Å². The van der Waals surface area contributed by atoms with Crippen LogP contribution in [0.15, 0.2) is 18.2 Å². The second kappa shape index (κ2) is 5.28. The monoisotopic (exact) mass is 223 g/mol. The Hall–Kier alpha value is -1.66. The van der Waals surface area contributed by atoms with Crippen molar-refractivity contribution < 1.29 is 9.90 Å². The molecule has 1 aromatic carbocycles. The number of hydrogen-bond acceptors (Lipinski definition) is 2. The van der Waals surface area contributed by atoms with Crippen LogP contribution in [0.25, 0.3) is 0 Å². The number of phenolic OH excluding ortho intramolecular Hbond substituents is 1. The average molecular weight is 224 g/mol. The molecule has 0 aromatic heterocycles. The summed E-state index contributed by atoms with van der Waals surface area (Å²) in [6.45, 7) is 1.72. The predicted octanol–water partition coefficient (Wildman–Crippen LogP) is 1.53. The molecule has 0 bridgehead atoms. The molecule has 0 atom stereocenters. The Morgan fingerprint density at radius 1 is 1.60 bits per heavy atom. The van der Waals surface area contributed by atoms with Crippen molar-refractivity contribution >= 4 is 17.5 Å². The van der Waals surface area contributed by atoms with Crippen LogP contribution >= 0.6 is 11.6 Å². The van der Waals surface area contributed by atoms with E-state index in [0.717, 1.165) is 0 Å². The second-order valence-electron chi connectivity index (χ2n) is 2.88. The van der Waals surface area contributed by atoms with Gasteiger partial charge in [0.2, 0.25) is 5.91 Å². The Labute approximate surface area is 93.1 Å². The molecule has 0 heterocycles. The van der Waals surface area contributed by atoms with Crippen molar-refractivity contribution in [1.29, 1.82) is 0 Å². The van der Waals surface area contributed by atoms with Crippen molar-refractivity contribution in [2.45, 2.75) is 6.92 Å². The Balaban J connectivity index is 2.64. The van der Waals surface area contributed by atoms with E-state index in [9.17, 15) is 9.90 Å². The van der Waals surface area contributed by atoms with Gasteiger partial charge < -0.3 is 10.4 Å². The SMILES string of the molecule is CC(=O)NCC#Cc1ccc(Cl)c(O)c1. The molecule has 4 heteroatoms. The van der Waals surface area contributed by atoms with E-state index in [1.165, 1.54) is 13.0 Å². The van der Waals surface area contributed by atoms with Crippen molar-refractivity contribution in [2.24, 2.45) is 0 Å². The number of hydrogen-bond donors (Lipinski definition) is 2. The van der Waals surface area contributed by atoms with Gasteiger partial charge in [-0.1, -0.05) is 23.4 Å². The van der Waals surface area contributed by atoms with Crippen LogP contribution in [0.1, 0.15) is 12.5 Å². The Morgan fingerprint density at radius 2 is 2.33 bits per heavy atom. The molecule has 0 fully saturated rings. The maximum absolute atomic E-state index is 10.5. The molecular formula is C11H10ClNO2. The number of halogens is 1. The topological polar surface area (TPSA) is 49.3 Å². The summed E-state index contributed by atoms with van der Waals surface area (Å²) in [5.41, 5.74) is 0.655. The Kier molecular flexibility index (Phi) is 4.02. The first kappa shape index (κ1) is 11.4. The fourth-order valence-corrected chi connectivity index (χ4v) is 1.02. The summed E-state index contributed by atoms with van der Waals surface area (Å²) in [5.74, 6) is 5.41. The standard InChI is InChI=1S/C11H10ClNO2/c1-8(14)13-6-2-3-9-4-5-10(12)11(15)7-9/h4-5,7,15H,6H2,1H3,(H,13,14). The van der Waals surface area contributed by atoms with Crippen LogP contribution in [-0.4, -0.2) is 17.6 Å². The summed E-state index contributed by atoms with van der Waals surface area (Å²) in [6.07, 6.45) is 0. The largest absolute Gasteiger partial charge is 0.506 e. The minimum absolute atomic E-state index is 0.00277. The van der Waals surface area contributed by atoms with E-state index in [2.05, 4.69) is 17.2 Å². The first-order chi connectivity index (χ1) is 7.09. The number of aromatic hydroxyl groups is 1. The van der Waals surface area contributed by atoms with Crippen LogP contribution in [0.4, 0.5) is 0 Å². The summed E-state index contributed by atoms with van der Waals surface area (Å²) in [4.78, 5) is 10.5. The third-order valence-electron chi connectivity index (χ3n) is 1.60. The lowest BCUT2D eigenvalue weighted by Gasteiger charge is -1.96. The molecule has 0 aliphatic rings. The van der Waals surface area contributed by atoms with Gasteiger partial charge in [0.05, 0.1) is 11.6 Å². The van der Waals surface area contributed by atoms with Gasteiger partial charge in [-0.3, -0.25) is 4.79 Å². The van der Waals surface area contributed by atoms with Crippen LogP contribution in [0, 0.1) is 11.8 Å². The number of carbonyl (C=O) groups excluding carboxylic acids is 1. The number of benzene rings is 1. The van der Waals surface area contributed by atoms with E-state index < -0.39 is 0 Å². The van der Waals surface area contributed by atoms with Crippen molar-refractivity contribution in [3.8, 4) is 17.6 Å². The highest BCUT2D eigenvalue weighted by Gasteiger charge is 1.96. The summed E-state index contributed by atoms with van der Waals surface area (Å²) in [7, 11) is 0. The maximum atomic E-state index is 10.5. The van der Waals surface area contributed by atoms with Gasteiger partial charge >= 0.3 is 0 Å². The van der Waals surface area contributed by atoms with Gasteiger partial charge in [-0.15, -0.1) is 0 Å². The van der Waals surface area contributed by atoms with Crippen LogP contribution in [0.2, 0.25) is 5.02 Å². The maximum Gasteiger partial charge on any atom is 0.217 e. The van der Waals surface area contributed by atoms with E-state index in [-0.39, 0.29) is 11.7 Å². The molecule has 1 rings (SSSR count). The minimum atomic E-state index is -0.122. The van der Waals surface area contributed by atoms with E-state index in [0.29, 0.717) is 17.1 Å². The highest BCUT2D eigenvalue weighted by atomic mass is 35.5. The zero-order chi connectivity index (χ0) is 11.3. The van der Waals surface area contributed by atoms with Gasteiger partial charge in [-0.25, -0.2) is 0 Å². The Bertz CT molecular complexity index is 432. The van der Waals surface area contributed by atoms with Crippen molar-refractivity contribution in [3.63, 3.8) is 0 Å². The van der Waals surface area contributed by atoms with Gasteiger partial charge in [-0.2, -0.15) is 0 Å². The molecule has 0 unspecified atom stereocenters. The van der Waals surface area contributed by atoms with Crippen LogP contribution < -0.4 is 5.32 Å². The predicted molar refractivity (Wildman–Crippen MR) is 58.7 cm³/mol. The normalized spacial score (nSPS) is 8.93. The van der Waals surface area contributed by atoms with Crippen LogP contribution in [-0.2, 0) is 4.79 Å². The first-order valence-corrected chi connectivity index (χ1v) is 4.69. The third-order valence-corrected chi connectivity index (χ3v) is 1.92. The summed E-state index contributed by atoms with van der Waals surface area (Å²) in [5, 5.41) is 12.1. The molecule has 0 aliphatic heterocycles. The van der Waals surface area contributed by atoms with Crippen molar-refractivity contribution in [1.82, 2.24) is 5.32 Å². The third kappa shape index (κ3) is 3.92. The van der Waals surface area contributed by atoms with Gasteiger partial charge in [0.1, 0.15) is 5.75 Å². The van der Waals surface area contributed by atoms with Gasteiger partial charge in [0, 0.05) is 12.5 Å². The molecule has 0 aliphatic carbocycles. The molecule has 0 saturated heterocycles. The van der Waals surface area contributed by atoms with Crippen molar-refractivity contribution in [3.05, 3.63) is 28.8 Å². The minimum Gasteiger partial charge on any atom is -0.506 e. The van der Waals surface area contributed by atoms with Crippen molar-refractivity contribution in [2.75, 3.05) is 6.54 Å². The molecule has 1 amide bonds. The number of carbonyl (C=O) groups is 1. The lowest BCUT2D eigenvalue weighted by atomic mass is 10.2. The molecular weight excluding hydrogens is 214 g/mol. The van der Waals surface area contributed by atoms with Gasteiger partial charge in [0.15, 0.2) is 0 Å². The molecule has 3 nitrogen and oxygen atoms in total. The summed E-state index contributed by atoms with van der Waals surface area (Å²) in [6, 6.07) is 4.74. The highest BCUT2D eigenvalue weighted by molar-refractivity contribution is 6.32. The van der Waals surface area contributed by atoms with Crippen LogP contribution in [0.3, 0.4) is 0 Å². The fourth-order valence-electron chi connectivity index (χ4n) is 0.905. The number of nitrogens with one attached hydrogen (secondary N) is 1. The smallest absolute Gasteiger partial charge is 0.217 e. The molecule has 0 spiro atoms. The average Bonchev–Trinajstić information content (AvgIpc) is 2.18. The molecule has 78 valence electrons. The van der Waals surface area contributed by atoms with Gasteiger partial charge in [-0.05, 0) is 18.2 Å². The van der Waals surface area contributed by atoms with Gasteiger partial charge in [0.25, 0.3) is 0 Å². The highest BCUT2D eigenvalue weighted by Crippen LogP contribution is 2.22. The van der Waals surface area contributed by atoms with E-state index in [1.54, 1.807) is 12.1 Å². The summed E-state index contributed by atoms with van der Waals surface area (Å²) >= 11 is 5.63. The zero-order valence-corrected chi connectivity index (χ0v) is 8.93. The quantitative estimate of drug-likeness (QED) is 0.710. The molecule has 2 N–H and O–H groups in total. The molecule has 15 heavy (non-hydrogen) atoms.